The van der Waals surface area contributed by atoms with Gasteiger partial charge < -0.3 is 0 Å². The molecule has 0 saturated heterocycles. The molecule has 4 aromatic rings. The van der Waals surface area contributed by atoms with Gasteiger partial charge in [0.1, 0.15) is 0 Å². The predicted octanol–water partition coefficient (Wildman–Crippen LogP) is 6.34. The number of rotatable bonds is 6. The molecule has 0 heterocycles. The third kappa shape index (κ3) is 3.21. The molecule has 0 aliphatic heterocycles. The van der Waals surface area contributed by atoms with Crippen LogP contribution in [0.15, 0.2) is 121 Å². The van der Waals surface area contributed by atoms with Crippen molar-refractivity contribution in [2.24, 2.45) is 0 Å². The average Bonchev–Trinajstić information content (AvgIpc) is 2.85. The van der Waals surface area contributed by atoms with Crippen LogP contribution in [0.25, 0.3) is 0 Å². The van der Waals surface area contributed by atoms with E-state index in [2.05, 4.69) is 102 Å². The molecule has 0 bridgehead atoms. The van der Waals surface area contributed by atoms with Crippen molar-refractivity contribution in [2.45, 2.75) is 25.1 Å². The van der Waals surface area contributed by atoms with E-state index in [1.54, 1.807) is 0 Å². The first-order valence-electron chi connectivity index (χ1n) is 10.5. The van der Waals surface area contributed by atoms with Gasteiger partial charge in [0.05, 0.1) is 0 Å². The van der Waals surface area contributed by atoms with Gasteiger partial charge in [0.15, 0.2) is 0 Å². The van der Waals surface area contributed by atoms with Crippen LogP contribution in [0, 0.1) is 0 Å². The van der Waals surface area contributed by atoms with Crippen molar-refractivity contribution in [3.05, 3.63) is 127 Å². The zero-order valence-electron chi connectivity index (χ0n) is 17.9. The zero-order chi connectivity index (χ0) is 22.0. The summed E-state index contributed by atoms with van der Waals surface area (Å²) in [5, 5.41) is 11.6. The molecule has 0 saturated carbocycles. The summed E-state index contributed by atoms with van der Waals surface area (Å²) in [7, 11) is 0. The van der Waals surface area contributed by atoms with Gasteiger partial charge >= 0.3 is 194 Å². The van der Waals surface area contributed by atoms with Crippen LogP contribution in [0.4, 0.5) is 0 Å². The van der Waals surface area contributed by atoms with Gasteiger partial charge in [0.2, 0.25) is 0 Å². The van der Waals surface area contributed by atoms with Crippen molar-refractivity contribution < 1.29 is 5.11 Å². The summed E-state index contributed by atoms with van der Waals surface area (Å²) in [4.78, 5) is 0. The van der Waals surface area contributed by atoms with E-state index in [-0.39, 0.29) is 0 Å². The first-order chi connectivity index (χ1) is 14.9. The van der Waals surface area contributed by atoms with E-state index < -0.39 is 16.6 Å². The number of aliphatic hydroxyl groups is 1. The first kappa shape index (κ1) is 22.0. The van der Waals surface area contributed by atoms with Crippen molar-refractivity contribution in [1.82, 2.24) is 0 Å². The summed E-state index contributed by atoms with van der Waals surface area (Å²) in [5.41, 5.74) is 0.920. The minimum absolute atomic E-state index is 0.572. The molecule has 1 atom stereocenters. The maximum absolute atomic E-state index is 11.9. The molecule has 0 amide bonds. The topological polar surface area (TPSA) is 20.2 Å². The van der Waals surface area contributed by atoms with Crippen molar-refractivity contribution >= 4 is 36.7 Å². The molecule has 31 heavy (non-hydrogen) atoms. The van der Waals surface area contributed by atoms with E-state index in [0.717, 1.165) is 5.56 Å². The first-order valence-corrected chi connectivity index (χ1v) is 14.8. The van der Waals surface area contributed by atoms with Gasteiger partial charge in [-0.2, -0.15) is 0 Å². The van der Waals surface area contributed by atoms with E-state index in [1.807, 2.05) is 48.5 Å². The summed E-state index contributed by atoms with van der Waals surface area (Å²) in [6.45, 7) is 4.40. The summed E-state index contributed by atoms with van der Waals surface area (Å²) in [6.07, 6.45) is -0.689. The molecule has 0 aliphatic rings. The van der Waals surface area contributed by atoms with Crippen LogP contribution in [0.5, 0.6) is 0 Å². The second kappa shape index (κ2) is 8.36. The zero-order valence-corrected chi connectivity index (χ0v) is 20.4. The van der Waals surface area contributed by atoms with Crippen LogP contribution in [-0.4, -0.2) is 10.3 Å². The Morgan fingerprint density at radius 3 is 1.19 bits per heavy atom. The molecule has 0 spiro atoms. The Labute approximate surface area is 193 Å². The molecule has 0 aliphatic carbocycles. The van der Waals surface area contributed by atoms with Gasteiger partial charge in [-0.25, -0.2) is 0 Å². The Hall–Kier alpha value is -2.25. The number of hydrogen-bond donors (Lipinski definition) is 1. The monoisotopic (exact) mass is 490 g/mol. The summed E-state index contributed by atoms with van der Waals surface area (Å²) < 4.78 is 0. The Balaban J connectivity index is 2.16. The van der Waals surface area contributed by atoms with E-state index in [9.17, 15) is 5.11 Å². The summed E-state index contributed by atoms with van der Waals surface area (Å²) in [6, 6.07) is 41.9. The molecule has 3 heteroatoms. The molecule has 4 rings (SSSR count). The Bertz CT molecular complexity index is 1030. The number of aliphatic hydroxyl groups excluding tert-OH is 1. The van der Waals surface area contributed by atoms with Crippen LogP contribution in [-0.2, 0) is 0 Å². The number of hydrogen-bond acceptors (Lipinski definition) is 1. The second-order valence-electron chi connectivity index (χ2n) is 8.48. The van der Waals surface area contributed by atoms with E-state index in [4.69, 9.17) is 0 Å². The van der Waals surface area contributed by atoms with E-state index >= 15 is 0 Å². The summed E-state index contributed by atoms with van der Waals surface area (Å²) >= 11 is 4.51. The SMILES string of the molecule is CC(C)(C(O)c1ccccc1)P(Br)(c1ccccc1)(c1ccccc1)c1ccccc1. The fourth-order valence-electron chi connectivity index (χ4n) is 4.84. The van der Waals surface area contributed by atoms with Gasteiger partial charge in [-0.15, -0.1) is 0 Å². The fraction of sp³-hybridized carbons (Fsp3) is 0.143. The Morgan fingerprint density at radius 1 is 0.581 bits per heavy atom. The molecular formula is C28H28BrOP. The molecule has 0 radical (unpaired) electrons. The fourth-order valence-corrected chi connectivity index (χ4v) is 13.2. The molecule has 4 aromatic carbocycles. The molecule has 0 fully saturated rings. The molecular weight excluding hydrogens is 463 g/mol. The van der Waals surface area contributed by atoms with Crippen LogP contribution >= 0.6 is 20.8 Å². The average molecular weight is 491 g/mol. The van der Waals surface area contributed by atoms with Crippen LogP contribution < -0.4 is 15.9 Å². The van der Waals surface area contributed by atoms with Gasteiger partial charge in [0, 0.05) is 0 Å². The van der Waals surface area contributed by atoms with Gasteiger partial charge in [-0.3, -0.25) is 0 Å². The normalized spacial score (nSPS) is 14.4. The summed E-state index contributed by atoms with van der Waals surface area (Å²) in [5.74, 6) is 0. The second-order valence-corrected chi connectivity index (χ2v) is 17.5. The molecule has 1 nitrogen and oxygen atoms in total. The minimum atomic E-state index is -3.36. The molecule has 1 N–H and O–H groups in total. The molecule has 158 valence electrons. The number of benzene rings is 4. The van der Waals surface area contributed by atoms with Crippen LogP contribution in [0.2, 0.25) is 0 Å². The van der Waals surface area contributed by atoms with E-state index in [1.165, 1.54) is 15.9 Å². The standard InChI is InChI=1S/C28H28BrOP/c1-28(2,27(30)23-15-7-3-8-16-23)31(29,24-17-9-4-10-18-24,25-19-11-5-12-20-25)26-21-13-6-14-22-26/h3-22,27,30H,1-2H3. The number of halogens is 1. The van der Waals surface area contributed by atoms with Crippen LogP contribution in [0.1, 0.15) is 25.5 Å². The van der Waals surface area contributed by atoms with E-state index in [0.29, 0.717) is 0 Å². The molecule has 0 aromatic heterocycles. The quantitative estimate of drug-likeness (QED) is 0.312. The Morgan fingerprint density at radius 2 is 0.871 bits per heavy atom. The maximum atomic E-state index is 11.9. The van der Waals surface area contributed by atoms with Gasteiger partial charge in [0.25, 0.3) is 0 Å². The van der Waals surface area contributed by atoms with Crippen molar-refractivity contribution in [2.75, 3.05) is 0 Å². The van der Waals surface area contributed by atoms with Crippen molar-refractivity contribution in [3.8, 4) is 0 Å². The van der Waals surface area contributed by atoms with Crippen molar-refractivity contribution in [1.29, 1.82) is 0 Å². The predicted molar refractivity (Wildman–Crippen MR) is 140 cm³/mol. The Kier molecular flexibility index (Phi) is 5.92. The van der Waals surface area contributed by atoms with Gasteiger partial charge in [-0.05, 0) is 0 Å². The van der Waals surface area contributed by atoms with Gasteiger partial charge in [-0.1, -0.05) is 0 Å². The van der Waals surface area contributed by atoms with Crippen molar-refractivity contribution in [3.63, 3.8) is 0 Å². The third-order valence-electron chi connectivity index (χ3n) is 6.59. The molecule has 1 unspecified atom stereocenters. The third-order valence-corrected chi connectivity index (χ3v) is 19.2. The van der Waals surface area contributed by atoms with Crippen LogP contribution in [0.3, 0.4) is 0 Å².